The highest BCUT2D eigenvalue weighted by molar-refractivity contribution is 5.93. The Balaban J connectivity index is 1.55. The number of hydrogen-bond donors (Lipinski definition) is 1. The molecule has 4 nitrogen and oxygen atoms in total. The normalized spacial score (nSPS) is 15.8. The number of nitrogens with zero attached hydrogens (tertiary/aromatic N) is 1. The van der Waals surface area contributed by atoms with Crippen LogP contribution >= 0.6 is 0 Å². The molecule has 2 heterocycles. The van der Waals surface area contributed by atoms with Crippen molar-refractivity contribution in [2.24, 2.45) is 0 Å². The van der Waals surface area contributed by atoms with Crippen molar-refractivity contribution in [1.29, 1.82) is 0 Å². The van der Waals surface area contributed by atoms with Crippen LogP contribution in [0.4, 0.5) is 5.69 Å². The van der Waals surface area contributed by atoms with Crippen molar-refractivity contribution < 1.29 is 9.21 Å². The maximum atomic E-state index is 12.3. The lowest BCUT2D eigenvalue weighted by atomic mass is 10.0. The predicted octanol–water partition coefficient (Wildman–Crippen LogP) is 3.61. The van der Waals surface area contributed by atoms with Crippen LogP contribution in [0.1, 0.15) is 34.3 Å². The molecule has 22 heavy (non-hydrogen) atoms. The van der Waals surface area contributed by atoms with Gasteiger partial charge in [-0.25, -0.2) is 0 Å². The average molecular weight is 298 g/mol. The summed E-state index contributed by atoms with van der Waals surface area (Å²) < 4.78 is 4.99. The number of furan rings is 1. The lowest BCUT2D eigenvalue weighted by Gasteiger charge is -2.32. The van der Waals surface area contributed by atoms with Crippen LogP contribution in [0.15, 0.2) is 41.2 Å². The maximum absolute atomic E-state index is 12.3. The van der Waals surface area contributed by atoms with Crippen LogP contribution in [0.25, 0.3) is 0 Å². The standard InChI is InChI=1S/C18H22N2O2/c1-13-3-4-17(11-14(13)2)19-16-5-8-20(9-6-16)18(21)15-7-10-22-12-15/h3-4,7,10-12,16,19H,5-6,8-9H2,1-2H3. The van der Waals surface area contributed by atoms with E-state index in [-0.39, 0.29) is 5.91 Å². The first-order valence-electron chi connectivity index (χ1n) is 7.79. The summed E-state index contributed by atoms with van der Waals surface area (Å²) in [6.07, 6.45) is 5.00. The second-order valence-corrected chi connectivity index (χ2v) is 6.02. The van der Waals surface area contributed by atoms with Gasteiger partial charge in [-0.15, -0.1) is 0 Å². The summed E-state index contributed by atoms with van der Waals surface area (Å²) in [5, 5.41) is 3.59. The summed E-state index contributed by atoms with van der Waals surface area (Å²) in [6, 6.07) is 8.62. The Kier molecular flexibility index (Phi) is 4.18. The van der Waals surface area contributed by atoms with Crippen molar-refractivity contribution in [3.63, 3.8) is 0 Å². The second-order valence-electron chi connectivity index (χ2n) is 6.02. The smallest absolute Gasteiger partial charge is 0.257 e. The molecule has 4 heteroatoms. The van der Waals surface area contributed by atoms with Crippen LogP contribution in [0.3, 0.4) is 0 Å². The first-order valence-corrected chi connectivity index (χ1v) is 7.79. The average Bonchev–Trinajstić information content (AvgIpc) is 3.05. The van der Waals surface area contributed by atoms with Gasteiger partial charge in [0.15, 0.2) is 0 Å². The molecule has 2 aromatic rings. The largest absolute Gasteiger partial charge is 0.472 e. The molecule has 0 bridgehead atoms. The van der Waals surface area contributed by atoms with Crippen molar-refractivity contribution in [1.82, 2.24) is 4.90 Å². The molecule has 3 rings (SSSR count). The molecule has 0 aliphatic carbocycles. The molecule has 0 radical (unpaired) electrons. The minimum absolute atomic E-state index is 0.0679. The van der Waals surface area contributed by atoms with E-state index in [9.17, 15) is 4.79 Å². The Labute approximate surface area is 131 Å². The molecule has 0 saturated carbocycles. The molecule has 0 spiro atoms. The van der Waals surface area contributed by atoms with Gasteiger partial charge in [0.05, 0.1) is 11.8 Å². The maximum Gasteiger partial charge on any atom is 0.257 e. The van der Waals surface area contributed by atoms with Crippen LogP contribution < -0.4 is 5.32 Å². The van der Waals surface area contributed by atoms with Gasteiger partial charge in [0.2, 0.25) is 0 Å². The highest BCUT2D eigenvalue weighted by Gasteiger charge is 2.24. The van der Waals surface area contributed by atoms with Crippen LogP contribution in [0.5, 0.6) is 0 Å². The highest BCUT2D eigenvalue weighted by Crippen LogP contribution is 2.20. The quantitative estimate of drug-likeness (QED) is 0.941. The van der Waals surface area contributed by atoms with Gasteiger partial charge in [-0.3, -0.25) is 4.79 Å². The van der Waals surface area contributed by atoms with Crippen molar-refractivity contribution in [2.75, 3.05) is 18.4 Å². The zero-order valence-electron chi connectivity index (χ0n) is 13.1. The van der Waals surface area contributed by atoms with Gasteiger partial charge < -0.3 is 14.6 Å². The number of benzene rings is 1. The lowest BCUT2D eigenvalue weighted by molar-refractivity contribution is 0.0718. The number of piperidine rings is 1. The fourth-order valence-corrected chi connectivity index (χ4v) is 2.86. The molecule has 1 N–H and O–H groups in total. The van der Waals surface area contributed by atoms with Gasteiger partial charge >= 0.3 is 0 Å². The number of rotatable bonds is 3. The summed E-state index contributed by atoms with van der Waals surface area (Å²) in [5.74, 6) is 0.0679. The zero-order valence-corrected chi connectivity index (χ0v) is 13.1. The molecule has 116 valence electrons. The second kappa shape index (κ2) is 6.26. The fourth-order valence-electron chi connectivity index (χ4n) is 2.86. The minimum Gasteiger partial charge on any atom is -0.472 e. The molecule has 0 unspecified atom stereocenters. The molecule has 1 aromatic heterocycles. The van der Waals surface area contributed by atoms with E-state index in [1.807, 2.05) is 4.90 Å². The lowest BCUT2D eigenvalue weighted by Crippen LogP contribution is -2.42. The third-order valence-electron chi connectivity index (χ3n) is 4.43. The van der Waals surface area contributed by atoms with E-state index >= 15 is 0 Å². The topological polar surface area (TPSA) is 45.5 Å². The number of carbonyl (C=O) groups is 1. The third-order valence-corrected chi connectivity index (χ3v) is 4.43. The van der Waals surface area contributed by atoms with Gasteiger partial charge in [-0.2, -0.15) is 0 Å². The fraction of sp³-hybridized carbons (Fsp3) is 0.389. The number of hydrogen-bond acceptors (Lipinski definition) is 3. The van der Waals surface area contributed by atoms with Gasteiger partial charge in [-0.05, 0) is 56.0 Å². The zero-order chi connectivity index (χ0) is 15.5. The minimum atomic E-state index is 0.0679. The summed E-state index contributed by atoms with van der Waals surface area (Å²) in [7, 11) is 0. The van der Waals surface area contributed by atoms with E-state index in [4.69, 9.17) is 4.42 Å². The van der Waals surface area contributed by atoms with Crippen molar-refractivity contribution in [2.45, 2.75) is 32.7 Å². The Morgan fingerprint density at radius 1 is 1.18 bits per heavy atom. The van der Waals surface area contributed by atoms with Crippen molar-refractivity contribution in [3.8, 4) is 0 Å². The van der Waals surface area contributed by atoms with E-state index < -0.39 is 0 Å². The van der Waals surface area contributed by atoms with Crippen LogP contribution in [0, 0.1) is 13.8 Å². The summed E-state index contributed by atoms with van der Waals surface area (Å²) >= 11 is 0. The van der Waals surface area contributed by atoms with Gasteiger partial charge in [0, 0.05) is 24.8 Å². The van der Waals surface area contributed by atoms with E-state index in [0.29, 0.717) is 11.6 Å². The number of amides is 1. The Morgan fingerprint density at radius 3 is 2.59 bits per heavy atom. The monoisotopic (exact) mass is 298 g/mol. The molecule has 0 atom stereocenters. The first-order chi connectivity index (χ1) is 10.6. The summed E-state index contributed by atoms with van der Waals surface area (Å²) in [4.78, 5) is 14.2. The number of carbonyl (C=O) groups excluding carboxylic acids is 1. The van der Waals surface area contributed by atoms with E-state index in [0.717, 1.165) is 25.9 Å². The first kappa shape index (κ1) is 14.7. The van der Waals surface area contributed by atoms with Gasteiger partial charge in [0.25, 0.3) is 5.91 Å². The molecule has 1 aliphatic rings. The Hall–Kier alpha value is -2.23. The van der Waals surface area contributed by atoms with Crippen molar-refractivity contribution in [3.05, 3.63) is 53.5 Å². The number of nitrogens with one attached hydrogen (secondary N) is 1. The van der Waals surface area contributed by atoms with E-state index in [1.54, 1.807) is 12.3 Å². The number of anilines is 1. The Bertz CT molecular complexity index is 641. The third kappa shape index (κ3) is 3.16. The SMILES string of the molecule is Cc1ccc(NC2CCN(C(=O)c3ccoc3)CC2)cc1C. The molecule has 1 fully saturated rings. The van der Waals surface area contributed by atoms with Crippen LogP contribution in [0.2, 0.25) is 0 Å². The summed E-state index contributed by atoms with van der Waals surface area (Å²) in [5.41, 5.74) is 4.42. The molecule has 1 aromatic carbocycles. The van der Waals surface area contributed by atoms with Crippen molar-refractivity contribution >= 4 is 11.6 Å². The highest BCUT2D eigenvalue weighted by atomic mass is 16.3. The predicted molar refractivity (Wildman–Crippen MR) is 87.2 cm³/mol. The van der Waals surface area contributed by atoms with Gasteiger partial charge in [0.1, 0.15) is 6.26 Å². The van der Waals surface area contributed by atoms with Gasteiger partial charge in [-0.1, -0.05) is 6.07 Å². The van der Waals surface area contributed by atoms with Crippen LogP contribution in [-0.4, -0.2) is 29.9 Å². The van der Waals surface area contributed by atoms with E-state index in [1.165, 1.54) is 23.1 Å². The molecule has 1 amide bonds. The molecule has 1 aliphatic heterocycles. The van der Waals surface area contributed by atoms with Crippen LogP contribution in [-0.2, 0) is 0 Å². The number of likely N-dealkylation sites (tertiary alicyclic amines) is 1. The van der Waals surface area contributed by atoms with E-state index in [2.05, 4.69) is 37.4 Å². The Morgan fingerprint density at radius 2 is 1.95 bits per heavy atom. The molecule has 1 saturated heterocycles. The summed E-state index contributed by atoms with van der Waals surface area (Å²) in [6.45, 7) is 5.82. The number of aryl methyl sites for hydroxylation is 2. The molecular formula is C18H22N2O2. The molecular weight excluding hydrogens is 276 g/mol.